The average molecular weight is 230 g/mol. The van der Waals surface area contributed by atoms with Crippen LogP contribution in [0.15, 0.2) is 23.1 Å². The number of rotatable bonds is 4. The molecule has 1 unspecified atom stereocenters. The van der Waals surface area contributed by atoms with E-state index in [-0.39, 0.29) is 6.04 Å². The highest BCUT2D eigenvalue weighted by atomic mass is 35.5. The van der Waals surface area contributed by atoms with Gasteiger partial charge in [0.05, 0.1) is 0 Å². The fourth-order valence-corrected chi connectivity index (χ4v) is 2.35. The van der Waals surface area contributed by atoms with E-state index < -0.39 is 0 Å². The van der Waals surface area contributed by atoms with Gasteiger partial charge in [0.15, 0.2) is 0 Å². The zero-order valence-electron chi connectivity index (χ0n) is 8.59. The molecule has 0 spiro atoms. The standard InChI is InChI=1S/C11H16ClNS/c1-3-10(13)9-7-8(12)5-6-11(9)14-4-2/h5-7,10H,3-4,13H2,1-2H3. The third-order valence-corrected chi connectivity index (χ3v) is 3.32. The molecular formula is C11H16ClNS. The van der Waals surface area contributed by atoms with Crippen molar-refractivity contribution in [3.63, 3.8) is 0 Å². The Morgan fingerprint density at radius 1 is 1.43 bits per heavy atom. The summed E-state index contributed by atoms with van der Waals surface area (Å²) >= 11 is 7.77. The summed E-state index contributed by atoms with van der Waals surface area (Å²) in [5.74, 6) is 1.06. The third kappa shape index (κ3) is 2.91. The van der Waals surface area contributed by atoms with E-state index in [1.54, 1.807) is 0 Å². The van der Waals surface area contributed by atoms with Gasteiger partial charge in [-0.25, -0.2) is 0 Å². The van der Waals surface area contributed by atoms with Gasteiger partial charge in [-0.3, -0.25) is 0 Å². The molecule has 0 bridgehead atoms. The highest BCUT2D eigenvalue weighted by Gasteiger charge is 2.09. The lowest BCUT2D eigenvalue weighted by Gasteiger charge is -2.14. The minimum atomic E-state index is 0.0998. The Morgan fingerprint density at radius 3 is 2.71 bits per heavy atom. The molecular weight excluding hydrogens is 214 g/mol. The fraction of sp³-hybridized carbons (Fsp3) is 0.455. The summed E-state index contributed by atoms with van der Waals surface area (Å²) in [5, 5.41) is 0.768. The van der Waals surface area contributed by atoms with E-state index in [1.165, 1.54) is 10.5 Å². The van der Waals surface area contributed by atoms with Crippen molar-refractivity contribution in [3.05, 3.63) is 28.8 Å². The predicted octanol–water partition coefficient (Wildman–Crippen LogP) is 3.86. The van der Waals surface area contributed by atoms with Crippen LogP contribution in [0.2, 0.25) is 5.02 Å². The molecule has 0 fully saturated rings. The van der Waals surface area contributed by atoms with Crippen LogP contribution in [-0.2, 0) is 0 Å². The minimum absolute atomic E-state index is 0.0998. The molecule has 3 heteroatoms. The first kappa shape index (κ1) is 11.9. The number of halogens is 1. The Hall–Kier alpha value is -0.180. The quantitative estimate of drug-likeness (QED) is 0.794. The largest absolute Gasteiger partial charge is 0.324 e. The van der Waals surface area contributed by atoms with E-state index in [0.29, 0.717) is 0 Å². The van der Waals surface area contributed by atoms with Crippen LogP contribution in [0.1, 0.15) is 31.9 Å². The monoisotopic (exact) mass is 229 g/mol. The number of benzene rings is 1. The molecule has 1 aromatic rings. The molecule has 2 N–H and O–H groups in total. The van der Waals surface area contributed by atoms with Gasteiger partial charge in [0.1, 0.15) is 0 Å². The Balaban J connectivity index is 3.02. The van der Waals surface area contributed by atoms with Crippen LogP contribution < -0.4 is 5.73 Å². The second-order valence-electron chi connectivity index (χ2n) is 3.13. The maximum Gasteiger partial charge on any atom is 0.0410 e. The summed E-state index contributed by atoms with van der Waals surface area (Å²) in [6.45, 7) is 4.23. The van der Waals surface area contributed by atoms with Crippen LogP contribution in [0.3, 0.4) is 0 Å². The Bertz CT molecular complexity index is 301. The lowest BCUT2D eigenvalue weighted by Crippen LogP contribution is -2.09. The second kappa shape index (κ2) is 5.64. The first-order chi connectivity index (χ1) is 6.69. The first-order valence-electron chi connectivity index (χ1n) is 4.86. The summed E-state index contributed by atoms with van der Waals surface area (Å²) in [6, 6.07) is 6.06. The highest BCUT2D eigenvalue weighted by molar-refractivity contribution is 7.99. The summed E-state index contributed by atoms with van der Waals surface area (Å²) in [4.78, 5) is 1.26. The molecule has 0 aliphatic rings. The second-order valence-corrected chi connectivity index (χ2v) is 4.87. The molecule has 14 heavy (non-hydrogen) atoms. The van der Waals surface area contributed by atoms with Gasteiger partial charge in [-0.05, 0) is 35.9 Å². The van der Waals surface area contributed by atoms with E-state index in [4.69, 9.17) is 17.3 Å². The summed E-state index contributed by atoms with van der Waals surface area (Å²) < 4.78 is 0. The average Bonchev–Trinajstić information content (AvgIpc) is 2.20. The number of thioether (sulfide) groups is 1. The zero-order valence-corrected chi connectivity index (χ0v) is 10.2. The van der Waals surface area contributed by atoms with Gasteiger partial charge in [0.25, 0.3) is 0 Å². The molecule has 0 saturated carbocycles. The van der Waals surface area contributed by atoms with Crippen LogP contribution in [0.4, 0.5) is 0 Å². The van der Waals surface area contributed by atoms with E-state index in [1.807, 2.05) is 23.9 Å². The maximum absolute atomic E-state index is 6.02. The van der Waals surface area contributed by atoms with E-state index in [0.717, 1.165) is 17.2 Å². The van der Waals surface area contributed by atoms with Crippen molar-refractivity contribution in [2.75, 3.05) is 5.75 Å². The fourth-order valence-electron chi connectivity index (χ4n) is 1.32. The van der Waals surface area contributed by atoms with Gasteiger partial charge < -0.3 is 5.73 Å². The molecule has 1 rings (SSSR count). The van der Waals surface area contributed by atoms with Crippen molar-refractivity contribution in [3.8, 4) is 0 Å². The van der Waals surface area contributed by atoms with Gasteiger partial charge in [-0.15, -0.1) is 11.8 Å². The number of nitrogens with two attached hydrogens (primary N) is 1. The van der Waals surface area contributed by atoms with Crippen LogP contribution in [-0.4, -0.2) is 5.75 Å². The first-order valence-corrected chi connectivity index (χ1v) is 6.23. The molecule has 0 aromatic heterocycles. The van der Waals surface area contributed by atoms with Gasteiger partial charge in [-0.1, -0.05) is 25.4 Å². The predicted molar refractivity (Wildman–Crippen MR) is 65.1 cm³/mol. The van der Waals surface area contributed by atoms with E-state index in [2.05, 4.69) is 19.9 Å². The third-order valence-electron chi connectivity index (χ3n) is 2.11. The SMILES string of the molecule is CCSc1ccc(Cl)cc1C(N)CC. The molecule has 0 saturated heterocycles. The number of hydrogen-bond donors (Lipinski definition) is 1. The normalized spacial score (nSPS) is 12.9. The van der Waals surface area contributed by atoms with Crippen molar-refractivity contribution < 1.29 is 0 Å². The van der Waals surface area contributed by atoms with Crippen LogP contribution in [0.5, 0.6) is 0 Å². The van der Waals surface area contributed by atoms with Crippen molar-refractivity contribution in [1.29, 1.82) is 0 Å². The molecule has 1 aromatic carbocycles. The molecule has 78 valence electrons. The minimum Gasteiger partial charge on any atom is -0.324 e. The van der Waals surface area contributed by atoms with Gasteiger partial charge in [0.2, 0.25) is 0 Å². The van der Waals surface area contributed by atoms with Crippen molar-refractivity contribution >= 4 is 23.4 Å². The van der Waals surface area contributed by atoms with Crippen LogP contribution in [0, 0.1) is 0 Å². The van der Waals surface area contributed by atoms with Crippen molar-refractivity contribution in [2.45, 2.75) is 31.2 Å². The zero-order chi connectivity index (χ0) is 10.6. The van der Waals surface area contributed by atoms with Gasteiger partial charge >= 0.3 is 0 Å². The maximum atomic E-state index is 6.02. The molecule has 0 aliphatic heterocycles. The molecule has 0 radical (unpaired) electrons. The molecule has 0 heterocycles. The molecule has 1 nitrogen and oxygen atoms in total. The summed E-state index contributed by atoms with van der Waals surface area (Å²) in [7, 11) is 0. The lowest BCUT2D eigenvalue weighted by molar-refractivity contribution is 0.686. The smallest absolute Gasteiger partial charge is 0.0410 e. The Morgan fingerprint density at radius 2 is 2.14 bits per heavy atom. The van der Waals surface area contributed by atoms with Gasteiger partial charge in [0, 0.05) is 16.0 Å². The Kier molecular flexibility index (Phi) is 4.79. The summed E-state index contributed by atoms with van der Waals surface area (Å²) in [6.07, 6.45) is 0.942. The molecule has 0 aliphatic carbocycles. The van der Waals surface area contributed by atoms with Crippen LogP contribution in [0.25, 0.3) is 0 Å². The van der Waals surface area contributed by atoms with Crippen molar-refractivity contribution in [2.24, 2.45) is 5.73 Å². The van der Waals surface area contributed by atoms with Crippen LogP contribution >= 0.6 is 23.4 Å². The van der Waals surface area contributed by atoms with Gasteiger partial charge in [-0.2, -0.15) is 0 Å². The summed E-state index contributed by atoms with van der Waals surface area (Å²) in [5.41, 5.74) is 7.20. The number of hydrogen-bond acceptors (Lipinski definition) is 2. The van der Waals surface area contributed by atoms with E-state index in [9.17, 15) is 0 Å². The Labute approximate surface area is 95.0 Å². The lowest BCUT2D eigenvalue weighted by atomic mass is 10.1. The molecule has 1 atom stereocenters. The van der Waals surface area contributed by atoms with E-state index >= 15 is 0 Å². The highest BCUT2D eigenvalue weighted by Crippen LogP contribution is 2.30. The molecule has 0 amide bonds. The van der Waals surface area contributed by atoms with Crippen molar-refractivity contribution in [1.82, 2.24) is 0 Å². The topological polar surface area (TPSA) is 26.0 Å².